The van der Waals surface area contributed by atoms with Crippen LogP contribution < -0.4 is 10.6 Å². The van der Waals surface area contributed by atoms with Gasteiger partial charge in [-0.2, -0.15) is 0 Å². The lowest BCUT2D eigenvalue weighted by Gasteiger charge is -2.40. The second-order valence-corrected chi connectivity index (χ2v) is 7.11. The second-order valence-electron chi connectivity index (χ2n) is 7.11. The highest BCUT2D eigenvalue weighted by Gasteiger charge is 2.37. The topological polar surface area (TPSA) is 61.4 Å². The van der Waals surface area contributed by atoms with E-state index in [0.29, 0.717) is 12.0 Å². The van der Waals surface area contributed by atoms with Crippen molar-refractivity contribution in [3.8, 4) is 0 Å². The molecule has 19 heavy (non-hydrogen) atoms. The summed E-state index contributed by atoms with van der Waals surface area (Å²) in [5.74, 6) is 0.0537. The molecule has 0 bridgehead atoms. The summed E-state index contributed by atoms with van der Waals surface area (Å²) >= 11 is 0. The molecule has 0 aromatic rings. The van der Waals surface area contributed by atoms with Gasteiger partial charge in [0.15, 0.2) is 0 Å². The number of piperidine rings is 1. The number of carbonyl (C=O) groups excluding carboxylic acids is 1. The van der Waals surface area contributed by atoms with E-state index in [1.54, 1.807) is 0 Å². The van der Waals surface area contributed by atoms with Crippen LogP contribution in [0.15, 0.2) is 0 Å². The van der Waals surface area contributed by atoms with Gasteiger partial charge in [-0.05, 0) is 50.5 Å². The fraction of sp³-hybridized carbons (Fsp3) is 0.933. The lowest BCUT2D eigenvalue weighted by Crippen LogP contribution is -2.52. The van der Waals surface area contributed by atoms with Crippen LogP contribution >= 0.6 is 0 Å². The summed E-state index contributed by atoms with van der Waals surface area (Å²) in [4.78, 5) is 12.0. The van der Waals surface area contributed by atoms with Gasteiger partial charge in [0.1, 0.15) is 0 Å². The van der Waals surface area contributed by atoms with Crippen LogP contribution in [0.5, 0.6) is 0 Å². The summed E-state index contributed by atoms with van der Waals surface area (Å²) in [5.41, 5.74) is -0.360. The molecule has 0 aromatic carbocycles. The molecule has 1 atom stereocenters. The molecule has 0 unspecified atom stereocenters. The number of rotatable bonds is 3. The fourth-order valence-corrected chi connectivity index (χ4v) is 3.02. The molecule has 0 radical (unpaired) electrons. The molecular weight excluding hydrogens is 240 g/mol. The average molecular weight is 268 g/mol. The molecule has 1 saturated heterocycles. The van der Waals surface area contributed by atoms with Crippen LogP contribution in [-0.4, -0.2) is 35.7 Å². The highest BCUT2D eigenvalue weighted by atomic mass is 16.3. The van der Waals surface area contributed by atoms with Crippen molar-refractivity contribution in [3.63, 3.8) is 0 Å². The quantitative estimate of drug-likeness (QED) is 0.728. The summed E-state index contributed by atoms with van der Waals surface area (Å²) in [5, 5.41) is 16.7. The molecule has 4 nitrogen and oxygen atoms in total. The lowest BCUT2D eigenvalue weighted by molar-refractivity contribution is -0.125. The van der Waals surface area contributed by atoms with E-state index in [1.165, 1.54) is 0 Å². The lowest BCUT2D eigenvalue weighted by atomic mass is 9.71. The Labute approximate surface area is 116 Å². The maximum Gasteiger partial charge on any atom is 0.237 e. The van der Waals surface area contributed by atoms with E-state index in [0.717, 1.165) is 51.5 Å². The van der Waals surface area contributed by atoms with Gasteiger partial charge >= 0.3 is 0 Å². The Bertz CT molecular complexity index is 312. The molecule has 1 saturated carbocycles. The number of amides is 1. The highest BCUT2D eigenvalue weighted by Crippen LogP contribution is 2.39. The van der Waals surface area contributed by atoms with Crippen LogP contribution in [0.1, 0.15) is 58.8 Å². The molecule has 0 aromatic heterocycles. The van der Waals surface area contributed by atoms with Crippen molar-refractivity contribution in [1.82, 2.24) is 10.6 Å². The van der Waals surface area contributed by atoms with Gasteiger partial charge in [0.2, 0.25) is 5.91 Å². The maximum atomic E-state index is 12.0. The van der Waals surface area contributed by atoms with Crippen LogP contribution in [0, 0.1) is 5.41 Å². The van der Waals surface area contributed by atoms with E-state index in [-0.39, 0.29) is 11.9 Å². The zero-order valence-electron chi connectivity index (χ0n) is 12.3. The minimum Gasteiger partial charge on any atom is -0.388 e. The smallest absolute Gasteiger partial charge is 0.237 e. The number of hydrogen-bond acceptors (Lipinski definition) is 3. The molecule has 2 fully saturated rings. The van der Waals surface area contributed by atoms with Gasteiger partial charge in [-0.1, -0.05) is 20.3 Å². The molecule has 2 aliphatic rings. The van der Waals surface area contributed by atoms with Gasteiger partial charge in [0, 0.05) is 6.54 Å². The Balaban J connectivity index is 1.76. The van der Waals surface area contributed by atoms with E-state index >= 15 is 0 Å². The Morgan fingerprint density at radius 3 is 2.53 bits per heavy atom. The van der Waals surface area contributed by atoms with E-state index in [1.807, 2.05) is 0 Å². The third-order valence-corrected chi connectivity index (χ3v) is 4.75. The monoisotopic (exact) mass is 268 g/mol. The van der Waals surface area contributed by atoms with Crippen molar-refractivity contribution in [1.29, 1.82) is 0 Å². The minimum absolute atomic E-state index is 0.0537. The van der Waals surface area contributed by atoms with Crippen LogP contribution in [0.25, 0.3) is 0 Å². The summed E-state index contributed by atoms with van der Waals surface area (Å²) < 4.78 is 0. The normalized spacial score (nSPS) is 29.7. The molecule has 1 heterocycles. The number of aliphatic hydroxyl groups is 1. The maximum absolute atomic E-state index is 12.0. The van der Waals surface area contributed by atoms with Crippen LogP contribution in [0.4, 0.5) is 0 Å². The predicted molar refractivity (Wildman–Crippen MR) is 75.9 cm³/mol. The molecular formula is C15H28N2O2. The summed E-state index contributed by atoms with van der Waals surface area (Å²) in [7, 11) is 0. The van der Waals surface area contributed by atoms with Gasteiger partial charge < -0.3 is 15.7 Å². The first-order chi connectivity index (χ1) is 8.90. The molecule has 1 aliphatic carbocycles. The Morgan fingerprint density at radius 1 is 1.26 bits per heavy atom. The van der Waals surface area contributed by atoms with Gasteiger partial charge in [0.05, 0.1) is 11.6 Å². The molecule has 1 aliphatic heterocycles. The summed E-state index contributed by atoms with van der Waals surface area (Å²) in [6.45, 7) is 5.82. The van der Waals surface area contributed by atoms with Crippen LogP contribution in [0.2, 0.25) is 0 Å². The molecule has 110 valence electrons. The third kappa shape index (κ3) is 4.18. The first-order valence-corrected chi connectivity index (χ1v) is 7.64. The summed E-state index contributed by atoms with van der Waals surface area (Å²) in [6, 6.07) is -0.0580. The minimum atomic E-state index is -0.695. The van der Waals surface area contributed by atoms with Gasteiger partial charge in [0.25, 0.3) is 0 Å². The van der Waals surface area contributed by atoms with Crippen molar-refractivity contribution in [2.45, 2.75) is 70.4 Å². The van der Waals surface area contributed by atoms with E-state index in [2.05, 4.69) is 24.5 Å². The molecule has 3 N–H and O–H groups in total. The Kier molecular flexibility index (Phi) is 4.51. The van der Waals surface area contributed by atoms with Crippen LogP contribution in [-0.2, 0) is 4.79 Å². The van der Waals surface area contributed by atoms with Crippen LogP contribution in [0.3, 0.4) is 0 Å². The highest BCUT2D eigenvalue weighted by molar-refractivity contribution is 5.81. The van der Waals surface area contributed by atoms with E-state index in [9.17, 15) is 9.90 Å². The van der Waals surface area contributed by atoms with Crippen molar-refractivity contribution in [3.05, 3.63) is 0 Å². The Hall–Kier alpha value is -0.610. The summed E-state index contributed by atoms with van der Waals surface area (Å²) in [6.07, 6.45) is 6.82. The fourth-order valence-electron chi connectivity index (χ4n) is 3.02. The van der Waals surface area contributed by atoms with E-state index < -0.39 is 5.60 Å². The molecule has 4 heteroatoms. The number of nitrogens with one attached hydrogen (secondary N) is 2. The first-order valence-electron chi connectivity index (χ1n) is 7.64. The van der Waals surface area contributed by atoms with Crippen molar-refractivity contribution in [2.75, 3.05) is 13.1 Å². The standard InChI is InChI=1S/C15H28N2O2/c1-14(2)6-8-15(19,9-7-14)11-17-13(18)12-5-3-4-10-16-12/h12,16,19H,3-11H2,1-2H3,(H,17,18)/t12-/m1/s1. The van der Waals surface area contributed by atoms with E-state index in [4.69, 9.17) is 0 Å². The third-order valence-electron chi connectivity index (χ3n) is 4.75. The van der Waals surface area contributed by atoms with Crippen molar-refractivity contribution in [2.24, 2.45) is 5.41 Å². The van der Waals surface area contributed by atoms with Crippen molar-refractivity contribution >= 4 is 5.91 Å². The zero-order valence-corrected chi connectivity index (χ0v) is 12.3. The molecule has 1 amide bonds. The average Bonchev–Trinajstić information content (AvgIpc) is 2.41. The largest absolute Gasteiger partial charge is 0.388 e. The van der Waals surface area contributed by atoms with Crippen molar-refractivity contribution < 1.29 is 9.90 Å². The number of hydrogen-bond donors (Lipinski definition) is 3. The predicted octanol–water partition coefficient (Wildman–Crippen LogP) is 1.58. The SMILES string of the molecule is CC1(C)CCC(O)(CNC(=O)[C@H]2CCCCN2)CC1. The zero-order chi connectivity index (χ0) is 13.9. The molecule has 2 rings (SSSR count). The first kappa shape index (κ1) is 14.8. The van der Waals surface area contributed by atoms with Gasteiger partial charge in [-0.3, -0.25) is 4.79 Å². The van der Waals surface area contributed by atoms with Gasteiger partial charge in [-0.25, -0.2) is 0 Å². The number of carbonyl (C=O) groups is 1. The second kappa shape index (κ2) is 5.80. The Morgan fingerprint density at radius 2 is 1.95 bits per heavy atom. The molecule has 0 spiro atoms. The van der Waals surface area contributed by atoms with Gasteiger partial charge in [-0.15, -0.1) is 0 Å².